The van der Waals surface area contributed by atoms with Crippen molar-refractivity contribution in [3.8, 4) is 0 Å². The fourth-order valence-corrected chi connectivity index (χ4v) is 3.98. The number of rotatable bonds is 8. The zero-order valence-corrected chi connectivity index (χ0v) is 18.2. The molecule has 1 fully saturated rings. The molecule has 2 aromatic carbocycles. The van der Waals surface area contributed by atoms with E-state index in [0.717, 1.165) is 27.8 Å². The van der Waals surface area contributed by atoms with Gasteiger partial charge in [0, 0.05) is 18.7 Å². The van der Waals surface area contributed by atoms with Crippen molar-refractivity contribution in [2.45, 2.75) is 19.8 Å². The number of amides is 3. The Morgan fingerprint density at radius 1 is 1.06 bits per heavy atom. The van der Waals surface area contributed by atoms with E-state index in [9.17, 15) is 24.3 Å². The Bertz CT molecular complexity index is 1090. The van der Waals surface area contributed by atoms with Crippen molar-refractivity contribution in [3.63, 3.8) is 0 Å². The molecular weight excluding hydrogens is 428 g/mol. The third-order valence-electron chi connectivity index (χ3n) is 4.62. The first kappa shape index (κ1) is 23.0. The number of carboxylic acids is 1. The molecule has 0 atom stereocenters. The number of anilines is 1. The molecule has 164 valence electrons. The minimum atomic E-state index is -1.29. The molecule has 7 nitrogen and oxygen atoms in total. The summed E-state index contributed by atoms with van der Waals surface area (Å²) in [5.41, 5.74) is 2.32. The monoisotopic (exact) mass is 449 g/mol. The first-order chi connectivity index (χ1) is 15.3. The van der Waals surface area contributed by atoms with Crippen molar-refractivity contribution < 1.29 is 24.3 Å². The Balaban J connectivity index is 1.51. The van der Waals surface area contributed by atoms with Crippen LogP contribution in [0, 0.1) is 0 Å². The molecule has 1 saturated heterocycles. The lowest BCUT2D eigenvalue weighted by Gasteiger charge is -2.12. The number of imide groups is 1. The van der Waals surface area contributed by atoms with Gasteiger partial charge in [-0.15, -0.1) is 0 Å². The van der Waals surface area contributed by atoms with E-state index < -0.39 is 5.97 Å². The summed E-state index contributed by atoms with van der Waals surface area (Å²) in [6, 6.07) is 15.3. The van der Waals surface area contributed by atoms with E-state index in [1.165, 1.54) is 24.3 Å². The smallest absolute Gasteiger partial charge is 0.293 e. The summed E-state index contributed by atoms with van der Waals surface area (Å²) in [7, 11) is 0. The first-order valence-electron chi connectivity index (χ1n) is 9.93. The molecule has 8 heteroatoms. The maximum absolute atomic E-state index is 12.6. The average molecular weight is 450 g/mol. The van der Waals surface area contributed by atoms with Crippen molar-refractivity contribution in [2.24, 2.45) is 0 Å². The molecule has 1 heterocycles. The van der Waals surface area contributed by atoms with Gasteiger partial charge in [-0.05, 0) is 60.0 Å². The van der Waals surface area contributed by atoms with E-state index in [0.29, 0.717) is 17.0 Å². The van der Waals surface area contributed by atoms with Gasteiger partial charge in [0.1, 0.15) is 0 Å². The summed E-state index contributed by atoms with van der Waals surface area (Å²) in [4.78, 5) is 49.2. The highest BCUT2D eigenvalue weighted by Gasteiger charge is 2.34. The van der Waals surface area contributed by atoms with Crippen molar-refractivity contribution in [1.82, 2.24) is 4.90 Å². The number of thioether (sulfide) groups is 1. The van der Waals surface area contributed by atoms with Gasteiger partial charge in [-0.25, -0.2) is 0 Å². The van der Waals surface area contributed by atoms with Crippen LogP contribution in [0.2, 0.25) is 0 Å². The van der Waals surface area contributed by atoms with Gasteiger partial charge in [-0.2, -0.15) is 0 Å². The molecule has 0 radical (unpaired) electrons. The third-order valence-corrected chi connectivity index (χ3v) is 5.52. The van der Waals surface area contributed by atoms with E-state index in [2.05, 4.69) is 5.32 Å². The van der Waals surface area contributed by atoms with Crippen molar-refractivity contribution in [2.75, 3.05) is 11.9 Å². The molecule has 1 aliphatic rings. The van der Waals surface area contributed by atoms with Crippen molar-refractivity contribution in [1.29, 1.82) is 0 Å². The lowest BCUT2D eigenvalue weighted by molar-refractivity contribution is -0.255. The molecule has 3 rings (SSSR count). The molecule has 0 unspecified atom stereocenters. The highest BCUT2D eigenvalue weighted by molar-refractivity contribution is 8.18. The number of nitrogens with zero attached hydrogens (tertiary/aromatic N) is 1. The molecule has 0 spiro atoms. The molecule has 32 heavy (non-hydrogen) atoms. The Labute approximate surface area is 189 Å². The Kier molecular flexibility index (Phi) is 7.62. The summed E-state index contributed by atoms with van der Waals surface area (Å²) in [6.07, 6.45) is 4.04. The van der Waals surface area contributed by atoms with Crippen LogP contribution >= 0.6 is 11.8 Å². The molecule has 1 aliphatic heterocycles. The fraction of sp³-hybridized carbons (Fsp3) is 0.167. The SMILES string of the molecule is CC(/C=C1\SC(=O)N(CCCC(=O)Nc2ccc(C(=O)[O-])cc2)C1=O)=C\c1ccccc1. The largest absolute Gasteiger partial charge is 0.545 e. The van der Waals surface area contributed by atoms with E-state index in [1.54, 1.807) is 6.08 Å². The van der Waals surface area contributed by atoms with Crippen LogP contribution < -0.4 is 10.4 Å². The maximum Gasteiger partial charge on any atom is 0.293 e. The third kappa shape index (κ3) is 6.18. The Morgan fingerprint density at radius 2 is 1.75 bits per heavy atom. The van der Waals surface area contributed by atoms with Gasteiger partial charge in [-0.1, -0.05) is 48.5 Å². The van der Waals surface area contributed by atoms with Crippen LogP contribution in [0.4, 0.5) is 10.5 Å². The van der Waals surface area contributed by atoms with E-state index in [4.69, 9.17) is 0 Å². The molecule has 3 amide bonds. The molecule has 0 aliphatic carbocycles. The van der Waals surface area contributed by atoms with E-state index in [-0.39, 0.29) is 35.6 Å². The Hall–Kier alpha value is -3.65. The minimum Gasteiger partial charge on any atom is -0.545 e. The summed E-state index contributed by atoms with van der Waals surface area (Å²) in [5, 5.41) is 13.0. The van der Waals surface area contributed by atoms with Crippen molar-refractivity contribution >= 4 is 46.5 Å². The average Bonchev–Trinajstić information content (AvgIpc) is 3.02. The fourth-order valence-electron chi connectivity index (χ4n) is 3.06. The summed E-state index contributed by atoms with van der Waals surface area (Å²) >= 11 is 0.890. The summed E-state index contributed by atoms with van der Waals surface area (Å²) < 4.78 is 0. The second-order valence-corrected chi connectivity index (χ2v) is 8.14. The molecule has 0 aromatic heterocycles. The minimum absolute atomic E-state index is 0.0178. The zero-order chi connectivity index (χ0) is 23.1. The van der Waals surface area contributed by atoms with Crippen LogP contribution in [-0.2, 0) is 9.59 Å². The number of aromatic carboxylic acids is 1. The molecule has 2 aromatic rings. The predicted molar refractivity (Wildman–Crippen MR) is 122 cm³/mol. The highest BCUT2D eigenvalue weighted by atomic mass is 32.2. The van der Waals surface area contributed by atoms with Gasteiger partial charge in [0.05, 0.1) is 10.9 Å². The topological polar surface area (TPSA) is 107 Å². The van der Waals surface area contributed by atoms with Gasteiger partial charge in [0.15, 0.2) is 0 Å². The van der Waals surface area contributed by atoms with Crippen molar-refractivity contribution in [3.05, 3.63) is 82.3 Å². The van der Waals surface area contributed by atoms with Gasteiger partial charge in [0.25, 0.3) is 11.1 Å². The first-order valence-corrected chi connectivity index (χ1v) is 10.7. The number of hydrogen-bond donors (Lipinski definition) is 1. The van der Waals surface area contributed by atoms with Crippen LogP contribution in [0.25, 0.3) is 6.08 Å². The van der Waals surface area contributed by atoms with Crippen LogP contribution in [-0.4, -0.2) is 34.5 Å². The second-order valence-electron chi connectivity index (χ2n) is 7.15. The number of carbonyl (C=O) groups excluding carboxylic acids is 4. The number of carbonyl (C=O) groups is 4. The van der Waals surface area contributed by atoms with E-state index in [1.807, 2.05) is 43.3 Å². The molecule has 0 saturated carbocycles. The Morgan fingerprint density at radius 3 is 2.41 bits per heavy atom. The lowest BCUT2D eigenvalue weighted by Crippen LogP contribution is -2.29. The highest BCUT2D eigenvalue weighted by Crippen LogP contribution is 2.32. The number of allylic oxidation sites excluding steroid dienone is 2. The zero-order valence-electron chi connectivity index (χ0n) is 17.4. The standard InChI is InChI=1S/C24H22N2O5S/c1-16(14-17-6-3-2-4-7-17)15-20-22(28)26(24(31)32-20)13-5-8-21(27)25-19-11-9-18(10-12-19)23(29)30/h2-4,6-7,9-12,14-15H,5,8,13H2,1H3,(H,25,27)(H,29,30)/p-1/b16-14+,20-15-. The van der Waals surface area contributed by atoms with Crippen LogP contribution in [0.5, 0.6) is 0 Å². The van der Waals surface area contributed by atoms with Gasteiger partial charge in [0.2, 0.25) is 5.91 Å². The van der Waals surface area contributed by atoms with Crippen LogP contribution in [0.3, 0.4) is 0 Å². The molecular formula is C24H21N2O5S-. The summed E-state index contributed by atoms with van der Waals surface area (Å²) in [6.45, 7) is 2.01. The predicted octanol–water partition coefficient (Wildman–Crippen LogP) is 3.45. The maximum atomic E-state index is 12.6. The van der Waals surface area contributed by atoms with Crippen LogP contribution in [0.1, 0.15) is 35.7 Å². The summed E-state index contributed by atoms with van der Waals surface area (Å²) in [5.74, 6) is -1.95. The number of carboxylic acid groups (broad SMARTS) is 1. The van der Waals surface area contributed by atoms with Gasteiger partial charge >= 0.3 is 0 Å². The van der Waals surface area contributed by atoms with Gasteiger partial charge < -0.3 is 15.2 Å². The van der Waals surface area contributed by atoms with E-state index >= 15 is 0 Å². The number of nitrogens with one attached hydrogen (secondary N) is 1. The molecule has 0 bridgehead atoms. The second kappa shape index (κ2) is 10.6. The van der Waals surface area contributed by atoms with Crippen LogP contribution in [0.15, 0.2) is 71.2 Å². The lowest BCUT2D eigenvalue weighted by atomic mass is 10.1. The van der Waals surface area contributed by atoms with Gasteiger partial charge in [-0.3, -0.25) is 19.3 Å². The quantitative estimate of drug-likeness (QED) is 0.619. The number of hydrogen-bond acceptors (Lipinski definition) is 6. The normalized spacial score (nSPS) is 15.3. The molecule has 1 N–H and O–H groups in total. The number of benzene rings is 2.